The van der Waals surface area contributed by atoms with Crippen LogP contribution in [0.4, 0.5) is 0 Å². The predicted molar refractivity (Wildman–Crippen MR) is 37.8 cm³/mol. The molecule has 0 atom stereocenters. The molecule has 0 heterocycles. The minimum Gasteiger partial charge on any atom is -0.811 e. The number of hydrogen-bond donors (Lipinski definition) is 2. The monoisotopic (exact) mass is 338 g/mol. The van der Waals surface area contributed by atoms with Crippen LogP contribution in [0.3, 0.4) is 0 Å². The maximum Gasteiger partial charge on any atom is 4.00 e. The SMILES string of the molecule is CP(=O)([O-])[O-].NCC(=O)O.O=[P+]([O-])[O-].[Zr+4]. The fraction of sp³-hybridized carbons (Fsp3) is 0.667. The zero-order valence-electron chi connectivity index (χ0n) is 7.48. The zero-order valence-corrected chi connectivity index (χ0v) is 11.7. The van der Waals surface area contributed by atoms with E-state index in [9.17, 15) is 4.79 Å². The Morgan fingerprint density at radius 3 is 1.53 bits per heavy atom. The van der Waals surface area contributed by atoms with Crippen LogP contribution in [-0.2, 0) is 40.1 Å². The number of carbonyl (C=O) groups is 1. The Morgan fingerprint density at radius 1 is 1.47 bits per heavy atom. The Morgan fingerprint density at radius 2 is 1.53 bits per heavy atom. The second-order valence-electron chi connectivity index (χ2n) is 1.59. The van der Waals surface area contributed by atoms with E-state index in [1.165, 1.54) is 0 Å². The van der Waals surface area contributed by atoms with Crippen LogP contribution in [0.25, 0.3) is 0 Å². The molecule has 0 amide bonds. The molecule has 3 N–H and O–H groups in total. The molecule has 86 valence electrons. The van der Waals surface area contributed by atoms with Crippen molar-refractivity contribution in [2.45, 2.75) is 0 Å². The van der Waals surface area contributed by atoms with Crippen molar-refractivity contribution in [3.05, 3.63) is 0 Å². The number of carboxylic acid groups (broad SMARTS) is 1. The van der Waals surface area contributed by atoms with Gasteiger partial charge in [-0.15, -0.1) is 0 Å². The molecule has 12 heteroatoms. The van der Waals surface area contributed by atoms with Crippen molar-refractivity contribution in [1.82, 2.24) is 0 Å². The molecule has 15 heavy (non-hydrogen) atoms. The molecule has 0 radical (unpaired) electrons. The van der Waals surface area contributed by atoms with Crippen LogP contribution in [0, 0.1) is 0 Å². The molecule has 0 saturated carbocycles. The van der Waals surface area contributed by atoms with Crippen molar-refractivity contribution >= 4 is 21.8 Å². The Labute approximate surface area is 106 Å². The van der Waals surface area contributed by atoms with Crippen LogP contribution >= 0.6 is 15.9 Å². The molecule has 0 spiro atoms. The number of rotatable bonds is 1. The Bertz CT molecular complexity index is 204. The van der Waals surface area contributed by atoms with E-state index in [0.29, 0.717) is 6.66 Å². The molecule has 0 aromatic carbocycles. The van der Waals surface area contributed by atoms with Crippen molar-refractivity contribution in [3.63, 3.8) is 0 Å². The van der Waals surface area contributed by atoms with E-state index in [4.69, 9.17) is 33.8 Å². The van der Waals surface area contributed by atoms with Crippen LogP contribution < -0.4 is 25.3 Å². The molecule has 0 aromatic heterocycles. The molecule has 0 aromatic rings. The molecule has 0 saturated heterocycles. The van der Waals surface area contributed by atoms with E-state index in [1.807, 2.05) is 0 Å². The van der Waals surface area contributed by atoms with Gasteiger partial charge in [0.2, 0.25) is 0 Å². The average Bonchev–Trinajstić information content (AvgIpc) is 1.82. The minimum absolute atomic E-state index is 0. The van der Waals surface area contributed by atoms with E-state index in [0.717, 1.165) is 0 Å². The van der Waals surface area contributed by atoms with Gasteiger partial charge in [-0.1, -0.05) is 12.2 Å². The second kappa shape index (κ2) is 14.5. The molecule has 9 nitrogen and oxygen atoms in total. The third-order valence-electron chi connectivity index (χ3n) is 0.175. The van der Waals surface area contributed by atoms with Gasteiger partial charge in [-0.3, -0.25) is 4.79 Å². The molecule has 0 fully saturated rings. The third kappa shape index (κ3) is 366. The molecule has 0 aliphatic carbocycles. The van der Waals surface area contributed by atoms with Gasteiger partial charge in [-0.05, 0) is 6.66 Å². The quantitative estimate of drug-likeness (QED) is 0.447. The minimum atomic E-state index is -4.14. The first-order valence-corrected chi connectivity index (χ1v) is 5.82. The summed E-state index contributed by atoms with van der Waals surface area (Å²) in [5, 5.41) is 7.60. The van der Waals surface area contributed by atoms with Gasteiger partial charge in [-0.2, -0.15) is 0 Å². The molecule has 0 bridgehead atoms. The Hall–Kier alpha value is 0.483. The van der Waals surface area contributed by atoms with Crippen molar-refractivity contribution in [3.8, 4) is 0 Å². The maximum absolute atomic E-state index is 9.24. The molecule has 0 unspecified atom stereocenters. The van der Waals surface area contributed by atoms with Crippen LogP contribution in [0.5, 0.6) is 0 Å². The van der Waals surface area contributed by atoms with Crippen molar-refractivity contribution in [2.75, 3.05) is 13.2 Å². The number of nitrogens with two attached hydrogens (primary N) is 1. The zero-order chi connectivity index (χ0) is 12.4. The van der Waals surface area contributed by atoms with Crippen LogP contribution in [0.2, 0.25) is 0 Å². The standard InChI is InChI=1S/C2H5NO2.CH5O3P.HO3P.Zr/c3-1-2(4)5;1-5(2,3)4;1-4(2)3;/h1,3H2,(H,4,5);1H3,(H2,2,3,4);(H,1,2,3);/q;;;+4/p-3. The van der Waals surface area contributed by atoms with Crippen molar-refractivity contribution < 1.29 is 64.8 Å². The van der Waals surface area contributed by atoms with Crippen molar-refractivity contribution in [1.29, 1.82) is 0 Å². The summed E-state index contributed by atoms with van der Waals surface area (Å²) in [5.41, 5.74) is 4.57. The first kappa shape index (κ1) is 24.6. The molecule has 0 aliphatic rings. The summed E-state index contributed by atoms with van der Waals surface area (Å²) in [7, 11) is -7.51. The maximum atomic E-state index is 9.24. The number of carboxylic acids is 1. The average molecular weight is 339 g/mol. The summed E-state index contributed by atoms with van der Waals surface area (Å²) in [6.07, 6.45) is 0. The van der Waals surface area contributed by atoms with E-state index in [1.54, 1.807) is 0 Å². The molecule has 0 rings (SSSR count). The van der Waals surface area contributed by atoms with E-state index < -0.39 is 21.8 Å². The van der Waals surface area contributed by atoms with Gasteiger partial charge in [0.05, 0.1) is 6.54 Å². The first-order chi connectivity index (χ1) is 6.00. The van der Waals surface area contributed by atoms with Gasteiger partial charge in [0.25, 0.3) is 8.25 Å². The smallest absolute Gasteiger partial charge is 0.811 e. The van der Waals surface area contributed by atoms with Crippen molar-refractivity contribution in [2.24, 2.45) is 5.73 Å². The van der Waals surface area contributed by atoms with E-state index in [2.05, 4.69) is 5.73 Å². The normalized spacial score (nSPS) is 8.13. The van der Waals surface area contributed by atoms with Crippen LogP contribution in [0.1, 0.15) is 0 Å². The fourth-order valence-corrected chi connectivity index (χ4v) is 0. The predicted octanol–water partition coefficient (Wildman–Crippen LogP) is -4.08. The van der Waals surface area contributed by atoms with E-state index in [-0.39, 0.29) is 32.7 Å². The van der Waals surface area contributed by atoms with Gasteiger partial charge >= 0.3 is 32.2 Å². The van der Waals surface area contributed by atoms with Gasteiger partial charge in [0.15, 0.2) is 0 Å². The summed E-state index contributed by atoms with van der Waals surface area (Å²) in [4.78, 5) is 44.4. The van der Waals surface area contributed by atoms with Gasteiger partial charge in [0, 0.05) is 0 Å². The first-order valence-electron chi connectivity index (χ1n) is 2.73. The largest absolute Gasteiger partial charge is 4.00 e. The van der Waals surface area contributed by atoms with Gasteiger partial charge < -0.3 is 35.0 Å². The molecule has 0 aliphatic heterocycles. The summed E-state index contributed by atoms with van der Waals surface area (Å²) in [6.45, 7) is 0.354. The van der Waals surface area contributed by atoms with Gasteiger partial charge in [0.1, 0.15) is 0 Å². The van der Waals surface area contributed by atoms with Crippen LogP contribution in [0.15, 0.2) is 0 Å². The van der Waals surface area contributed by atoms with Crippen LogP contribution in [-0.4, -0.2) is 24.3 Å². The van der Waals surface area contributed by atoms with Gasteiger partial charge in [-0.25, -0.2) is 0 Å². The summed E-state index contributed by atoms with van der Waals surface area (Å²) >= 11 is 0. The fourth-order valence-electron chi connectivity index (χ4n) is 0. The third-order valence-corrected chi connectivity index (χ3v) is 0.175. The molecular weight excluding hydrogens is 331 g/mol. The number of hydrogen-bond acceptors (Lipinski definition) is 8. The molecular formula is C3H8NO8P2Zr+. The summed E-state index contributed by atoms with van der Waals surface area (Å²) in [6, 6.07) is 0. The Balaban J connectivity index is -0.0000000590. The second-order valence-corrected chi connectivity index (χ2v) is 3.58. The summed E-state index contributed by atoms with van der Waals surface area (Å²) < 4.78 is 17.6. The summed E-state index contributed by atoms with van der Waals surface area (Å²) in [5.74, 6) is -0.968. The van der Waals surface area contributed by atoms with E-state index >= 15 is 0 Å². The Kier molecular flexibility index (Phi) is 23.8. The topological polar surface area (TPSA) is 190 Å². The number of aliphatic carboxylic acids is 1.